The molecule has 0 atom stereocenters. The maximum absolute atomic E-state index is 11.0. The van der Waals surface area contributed by atoms with Gasteiger partial charge >= 0.3 is 5.69 Å². The van der Waals surface area contributed by atoms with Crippen LogP contribution in [0.25, 0.3) is 11.3 Å². The molecule has 1 heterocycles. The predicted molar refractivity (Wildman–Crippen MR) is 71.8 cm³/mol. The highest BCUT2D eigenvalue weighted by molar-refractivity contribution is 9.10. The normalized spacial score (nSPS) is 10.4. The number of rotatable bonds is 2. The van der Waals surface area contributed by atoms with Crippen LogP contribution in [0.4, 0.5) is 5.69 Å². The Kier molecular flexibility index (Phi) is 3.79. The number of nitrogens with zero attached hydrogens (tertiary/aromatic N) is 3. The standard InChI is InChI=1S/C10H4BrCl2N3O2/c11-5-2-1-3-6(12)8(5)9-7(16(17)18)4-14-10(13)15-9/h1-4H. The molecule has 0 radical (unpaired) electrons. The number of hydrogen-bond acceptors (Lipinski definition) is 4. The molecule has 8 heteroatoms. The second kappa shape index (κ2) is 5.17. The highest BCUT2D eigenvalue weighted by Crippen LogP contribution is 2.38. The Hall–Kier alpha value is -1.24. The fourth-order valence-corrected chi connectivity index (χ4v) is 2.46. The molecule has 0 unspecified atom stereocenters. The van der Waals surface area contributed by atoms with E-state index in [-0.39, 0.29) is 16.7 Å². The minimum absolute atomic E-state index is 0.0810. The van der Waals surface area contributed by atoms with Crippen LogP contribution in [0.2, 0.25) is 10.3 Å². The lowest BCUT2D eigenvalue weighted by molar-refractivity contribution is -0.384. The van der Waals surface area contributed by atoms with E-state index >= 15 is 0 Å². The zero-order valence-electron chi connectivity index (χ0n) is 8.60. The van der Waals surface area contributed by atoms with Crippen LogP contribution in [-0.2, 0) is 0 Å². The van der Waals surface area contributed by atoms with Gasteiger partial charge in [-0.3, -0.25) is 10.1 Å². The fraction of sp³-hybridized carbons (Fsp3) is 0. The highest BCUT2D eigenvalue weighted by atomic mass is 79.9. The van der Waals surface area contributed by atoms with E-state index in [1.165, 1.54) is 0 Å². The smallest absolute Gasteiger partial charge is 0.258 e. The molecule has 0 aliphatic heterocycles. The third kappa shape index (κ3) is 2.45. The highest BCUT2D eigenvalue weighted by Gasteiger charge is 2.22. The Bertz CT molecular complexity index is 616. The summed E-state index contributed by atoms with van der Waals surface area (Å²) in [7, 11) is 0. The van der Waals surface area contributed by atoms with Gasteiger partial charge < -0.3 is 0 Å². The average Bonchev–Trinajstić information content (AvgIpc) is 2.28. The first-order valence-corrected chi connectivity index (χ1v) is 6.17. The summed E-state index contributed by atoms with van der Waals surface area (Å²) in [6.07, 6.45) is 1.06. The summed E-state index contributed by atoms with van der Waals surface area (Å²) in [6.45, 7) is 0. The molecule has 2 aromatic rings. The predicted octanol–water partition coefficient (Wildman–Crippen LogP) is 4.12. The van der Waals surface area contributed by atoms with Crippen molar-refractivity contribution in [1.29, 1.82) is 0 Å². The summed E-state index contributed by atoms with van der Waals surface area (Å²) in [4.78, 5) is 17.9. The van der Waals surface area contributed by atoms with Crippen molar-refractivity contribution in [2.75, 3.05) is 0 Å². The van der Waals surface area contributed by atoms with Gasteiger partial charge in [-0.05, 0) is 23.7 Å². The van der Waals surface area contributed by atoms with Crippen molar-refractivity contribution in [3.8, 4) is 11.3 Å². The van der Waals surface area contributed by atoms with E-state index in [0.29, 0.717) is 15.1 Å². The summed E-state index contributed by atoms with van der Waals surface area (Å²) < 4.78 is 0.591. The van der Waals surface area contributed by atoms with Crippen LogP contribution in [-0.4, -0.2) is 14.9 Å². The molecule has 0 saturated heterocycles. The molecule has 0 aliphatic carbocycles. The van der Waals surface area contributed by atoms with E-state index in [2.05, 4.69) is 25.9 Å². The molecule has 0 saturated carbocycles. The van der Waals surface area contributed by atoms with Crippen LogP contribution in [0.3, 0.4) is 0 Å². The zero-order valence-corrected chi connectivity index (χ0v) is 11.7. The molecule has 0 aliphatic rings. The van der Waals surface area contributed by atoms with Gasteiger partial charge in [-0.15, -0.1) is 0 Å². The Balaban J connectivity index is 2.77. The molecule has 0 amide bonds. The first-order valence-electron chi connectivity index (χ1n) is 4.62. The van der Waals surface area contributed by atoms with E-state index in [9.17, 15) is 10.1 Å². The summed E-state index contributed by atoms with van der Waals surface area (Å²) in [5, 5.41) is 11.2. The minimum Gasteiger partial charge on any atom is -0.258 e. The maximum Gasteiger partial charge on any atom is 0.313 e. The lowest BCUT2D eigenvalue weighted by Gasteiger charge is -2.06. The molecule has 0 N–H and O–H groups in total. The molecule has 18 heavy (non-hydrogen) atoms. The second-order valence-electron chi connectivity index (χ2n) is 3.23. The van der Waals surface area contributed by atoms with Crippen molar-refractivity contribution < 1.29 is 4.92 Å². The van der Waals surface area contributed by atoms with E-state index < -0.39 is 4.92 Å². The van der Waals surface area contributed by atoms with Crippen LogP contribution in [0.15, 0.2) is 28.9 Å². The van der Waals surface area contributed by atoms with Crippen molar-refractivity contribution in [2.24, 2.45) is 0 Å². The number of halogens is 3. The van der Waals surface area contributed by atoms with Gasteiger partial charge in [0.05, 0.1) is 9.95 Å². The summed E-state index contributed by atoms with van der Waals surface area (Å²) in [5.41, 5.74) is 0.237. The fourth-order valence-electron chi connectivity index (χ4n) is 1.40. The van der Waals surface area contributed by atoms with Gasteiger partial charge in [-0.2, -0.15) is 0 Å². The third-order valence-corrected chi connectivity index (χ3v) is 3.29. The van der Waals surface area contributed by atoms with E-state index in [1.807, 2.05) is 0 Å². The van der Waals surface area contributed by atoms with Crippen LogP contribution >= 0.6 is 39.1 Å². The summed E-state index contributed by atoms with van der Waals surface area (Å²) >= 11 is 15.0. The summed E-state index contributed by atoms with van der Waals surface area (Å²) in [6, 6.07) is 5.03. The van der Waals surface area contributed by atoms with Gasteiger partial charge in [-0.1, -0.05) is 33.6 Å². The van der Waals surface area contributed by atoms with Crippen LogP contribution in [0.5, 0.6) is 0 Å². The molecular weight excluding hydrogens is 345 g/mol. The van der Waals surface area contributed by atoms with E-state index in [1.54, 1.807) is 18.2 Å². The Morgan fingerprint density at radius 1 is 1.33 bits per heavy atom. The van der Waals surface area contributed by atoms with E-state index in [0.717, 1.165) is 6.20 Å². The average molecular weight is 349 g/mol. The summed E-state index contributed by atoms with van der Waals surface area (Å²) in [5.74, 6) is 0. The minimum atomic E-state index is -0.582. The maximum atomic E-state index is 11.0. The molecule has 1 aromatic heterocycles. The van der Waals surface area contributed by atoms with Crippen LogP contribution < -0.4 is 0 Å². The number of nitro groups is 1. The van der Waals surface area contributed by atoms with Gasteiger partial charge in [0.15, 0.2) is 5.69 Å². The van der Waals surface area contributed by atoms with E-state index in [4.69, 9.17) is 23.2 Å². The van der Waals surface area contributed by atoms with Crippen molar-refractivity contribution >= 4 is 44.8 Å². The number of hydrogen-bond donors (Lipinski definition) is 0. The van der Waals surface area contributed by atoms with Gasteiger partial charge in [0, 0.05) is 10.0 Å². The lowest BCUT2D eigenvalue weighted by atomic mass is 10.1. The van der Waals surface area contributed by atoms with Gasteiger partial charge in [0.25, 0.3) is 0 Å². The SMILES string of the molecule is O=[N+]([O-])c1cnc(Cl)nc1-c1c(Cl)cccc1Br. The molecule has 1 aromatic carbocycles. The molecular formula is C10H4BrCl2N3O2. The molecule has 5 nitrogen and oxygen atoms in total. The third-order valence-electron chi connectivity index (χ3n) is 2.14. The Morgan fingerprint density at radius 3 is 2.67 bits per heavy atom. The molecule has 2 rings (SSSR count). The monoisotopic (exact) mass is 347 g/mol. The molecule has 0 spiro atoms. The number of benzene rings is 1. The van der Waals surface area contributed by atoms with Crippen molar-refractivity contribution in [2.45, 2.75) is 0 Å². The quantitative estimate of drug-likeness (QED) is 0.465. The lowest BCUT2D eigenvalue weighted by Crippen LogP contribution is -1.98. The van der Waals surface area contributed by atoms with Crippen molar-refractivity contribution in [3.63, 3.8) is 0 Å². The molecule has 92 valence electrons. The topological polar surface area (TPSA) is 68.9 Å². The Morgan fingerprint density at radius 2 is 2.06 bits per heavy atom. The molecule has 0 fully saturated rings. The Labute approximate surface area is 120 Å². The second-order valence-corrected chi connectivity index (χ2v) is 4.83. The molecule has 0 bridgehead atoms. The van der Waals surface area contributed by atoms with Gasteiger partial charge in [-0.25, -0.2) is 9.97 Å². The first-order chi connectivity index (χ1) is 8.50. The van der Waals surface area contributed by atoms with Crippen molar-refractivity contribution in [1.82, 2.24) is 9.97 Å². The van der Waals surface area contributed by atoms with Crippen LogP contribution in [0, 0.1) is 10.1 Å². The number of aromatic nitrogens is 2. The zero-order chi connectivity index (χ0) is 13.3. The first kappa shape index (κ1) is 13.2. The van der Waals surface area contributed by atoms with Gasteiger partial charge in [0.2, 0.25) is 5.28 Å². The largest absolute Gasteiger partial charge is 0.313 e. The van der Waals surface area contributed by atoms with Gasteiger partial charge in [0.1, 0.15) is 6.20 Å². The van der Waals surface area contributed by atoms with Crippen molar-refractivity contribution in [3.05, 3.63) is 49.3 Å². The van der Waals surface area contributed by atoms with Crippen LogP contribution in [0.1, 0.15) is 0 Å².